The lowest BCUT2D eigenvalue weighted by Crippen LogP contribution is -2.16. The van der Waals surface area contributed by atoms with E-state index >= 15 is 0 Å². The third kappa shape index (κ3) is 1.75. The third-order valence-corrected chi connectivity index (χ3v) is 3.91. The molecule has 0 atom stereocenters. The van der Waals surface area contributed by atoms with Gasteiger partial charge in [-0.1, -0.05) is 17.4 Å². The fourth-order valence-electron chi connectivity index (χ4n) is 2.07. The van der Waals surface area contributed by atoms with Crippen LogP contribution in [0.4, 0.5) is 0 Å². The zero-order chi connectivity index (χ0) is 14.3. The maximum atomic E-state index is 11.9. The Hall–Kier alpha value is -2.41. The van der Waals surface area contributed by atoms with Crippen LogP contribution in [0.2, 0.25) is 0 Å². The van der Waals surface area contributed by atoms with Gasteiger partial charge in [0.15, 0.2) is 4.96 Å². The summed E-state index contributed by atoms with van der Waals surface area (Å²) in [6, 6.07) is 6.67. The van der Waals surface area contributed by atoms with Gasteiger partial charge in [0.25, 0.3) is 5.56 Å². The van der Waals surface area contributed by atoms with Crippen molar-refractivity contribution in [2.24, 2.45) is 0 Å². The van der Waals surface area contributed by atoms with Crippen molar-refractivity contribution in [3.8, 4) is 5.75 Å². The fourth-order valence-corrected chi connectivity index (χ4v) is 3.12. The van der Waals surface area contributed by atoms with Crippen molar-refractivity contribution in [3.05, 3.63) is 40.3 Å². The zero-order valence-corrected chi connectivity index (χ0v) is 11.6. The number of benzene rings is 1. The lowest BCUT2D eigenvalue weighted by Gasteiger charge is -2.06. The fraction of sp³-hybridized carbons (Fsp3) is 0.154. The number of esters is 1. The van der Waals surface area contributed by atoms with Gasteiger partial charge < -0.3 is 9.47 Å². The third-order valence-electron chi connectivity index (χ3n) is 2.90. The summed E-state index contributed by atoms with van der Waals surface area (Å²) in [4.78, 5) is 27.8. The Kier molecular flexibility index (Phi) is 2.90. The molecule has 0 unspecified atom stereocenters. The first-order chi connectivity index (χ1) is 9.65. The van der Waals surface area contributed by atoms with Gasteiger partial charge in [0.05, 0.1) is 18.9 Å². The minimum Gasteiger partial charge on any atom is -0.495 e. The number of para-hydroxylation sites is 1. The first-order valence-electron chi connectivity index (χ1n) is 5.73. The van der Waals surface area contributed by atoms with Gasteiger partial charge in [-0.2, -0.15) is 4.98 Å². The number of fused-ring (bicyclic) bond motifs is 3. The second-order valence-corrected chi connectivity index (χ2v) is 5.01. The van der Waals surface area contributed by atoms with Crippen LogP contribution in [0, 0.1) is 0 Å². The highest BCUT2D eigenvalue weighted by molar-refractivity contribution is 7.23. The average Bonchev–Trinajstić information content (AvgIpc) is 2.83. The molecule has 0 aliphatic carbocycles. The first-order valence-corrected chi connectivity index (χ1v) is 6.55. The maximum Gasteiger partial charge on any atom is 0.355 e. The van der Waals surface area contributed by atoms with Crippen LogP contribution in [-0.2, 0) is 4.74 Å². The molecule has 3 aromatic rings. The zero-order valence-electron chi connectivity index (χ0n) is 10.7. The number of ether oxygens (including phenoxy) is 2. The van der Waals surface area contributed by atoms with Crippen LogP contribution >= 0.6 is 11.3 Å². The van der Waals surface area contributed by atoms with Crippen molar-refractivity contribution in [1.82, 2.24) is 9.38 Å². The molecule has 0 fully saturated rings. The SMILES string of the molecule is COC(=O)c1cc(=O)nc2sc3cccc(OC)c3n12. The quantitative estimate of drug-likeness (QED) is 0.672. The monoisotopic (exact) mass is 290 g/mol. The molecular weight excluding hydrogens is 280 g/mol. The summed E-state index contributed by atoms with van der Waals surface area (Å²) in [6.45, 7) is 0. The van der Waals surface area contributed by atoms with Gasteiger partial charge in [-0.3, -0.25) is 9.20 Å². The minimum absolute atomic E-state index is 0.137. The van der Waals surface area contributed by atoms with Gasteiger partial charge >= 0.3 is 5.97 Å². The van der Waals surface area contributed by atoms with Gasteiger partial charge in [-0.15, -0.1) is 0 Å². The van der Waals surface area contributed by atoms with Crippen LogP contribution in [0.15, 0.2) is 29.1 Å². The molecule has 20 heavy (non-hydrogen) atoms. The van der Waals surface area contributed by atoms with Crippen molar-refractivity contribution in [3.63, 3.8) is 0 Å². The summed E-state index contributed by atoms with van der Waals surface area (Å²) in [5.74, 6) is 0.00876. The van der Waals surface area contributed by atoms with Crippen LogP contribution in [0.5, 0.6) is 5.75 Å². The Balaban J connectivity index is 2.55. The molecule has 0 aliphatic heterocycles. The van der Waals surface area contributed by atoms with Gasteiger partial charge in [-0.25, -0.2) is 4.79 Å². The van der Waals surface area contributed by atoms with Gasteiger partial charge in [0, 0.05) is 6.07 Å². The van der Waals surface area contributed by atoms with E-state index in [0.717, 1.165) is 10.8 Å². The molecule has 3 rings (SSSR count). The van der Waals surface area contributed by atoms with Crippen LogP contribution in [-0.4, -0.2) is 29.6 Å². The predicted octanol–water partition coefficient (Wildman–Crippen LogP) is 1.70. The Labute approximate surface area is 117 Å². The Morgan fingerprint density at radius 2 is 2.15 bits per heavy atom. The molecule has 0 saturated heterocycles. The van der Waals surface area contributed by atoms with Crippen molar-refractivity contribution in [1.29, 1.82) is 0 Å². The molecule has 0 radical (unpaired) electrons. The number of hydrogen-bond acceptors (Lipinski definition) is 6. The lowest BCUT2D eigenvalue weighted by molar-refractivity contribution is 0.0592. The summed E-state index contributed by atoms with van der Waals surface area (Å²) >= 11 is 1.31. The van der Waals surface area contributed by atoms with Crippen LogP contribution in [0.3, 0.4) is 0 Å². The summed E-state index contributed by atoms with van der Waals surface area (Å²) in [6.07, 6.45) is 0. The van der Waals surface area contributed by atoms with Crippen LogP contribution in [0.25, 0.3) is 15.2 Å². The van der Waals surface area contributed by atoms with E-state index in [-0.39, 0.29) is 5.69 Å². The van der Waals surface area contributed by atoms with E-state index in [0.29, 0.717) is 16.2 Å². The number of hydrogen-bond donors (Lipinski definition) is 0. The molecule has 7 heteroatoms. The maximum absolute atomic E-state index is 11.9. The molecule has 0 saturated carbocycles. The molecular formula is C13H10N2O4S. The topological polar surface area (TPSA) is 69.9 Å². The molecule has 0 amide bonds. The Morgan fingerprint density at radius 3 is 2.85 bits per heavy atom. The normalized spacial score (nSPS) is 10.9. The molecule has 0 bridgehead atoms. The number of thiazole rings is 1. The number of carbonyl (C=O) groups is 1. The Morgan fingerprint density at radius 1 is 1.35 bits per heavy atom. The van der Waals surface area contributed by atoms with E-state index in [4.69, 9.17) is 9.47 Å². The highest BCUT2D eigenvalue weighted by Gasteiger charge is 2.18. The van der Waals surface area contributed by atoms with Crippen molar-refractivity contribution in [2.45, 2.75) is 0 Å². The van der Waals surface area contributed by atoms with Crippen LogP contribution < -0.4 is 10.3 Å². The van der Waals surface area contributed by atoms with Crippen molar-refractivity contribution in [2.75, 3.05) is 14.2 Å². The largest absolute Gasteiger partial charge is 0.495 e. The van der Waals surface area contributed by atoms with Crippen LogP contribution in [0.1, 0.15) is 10.5 Å². The Bertz CT molecular complexity index is 881. The number of aromatic nitrogens is 2. The second kappa shape index (κ2) is 4.61. The van der Waals surface area contributed by atoms with E-state index in [2.05, 4.69) is 4.98 Å². The molecule has 102 valence electrons. The number of nitrogens with zero attached hydrogens (tertiary/aromatic N) is 2. The number of rotatable bonds is 2. The van der Waals surface area contributed by atoms with E-state index in [1.165, 1.54) is 18.4 Å². The van der Waals surface area contributed by atoms with E-state index in [1.54, 1.807) is 17.6 Å². The number of methoxy groups -OCH3 is 2. The molecule has 2 heterocycles. The second-order valence-electron chi connectivity index (χ2n) is 4.00. The minimum atomic E-state index is -0.592. The molecule has 2 aromatic heterocycles. The molecule has 0 N–H and O–H groups in total. The van der Waals surface area contributed by atoms with E-state index in [1.807, 2.05) is 12.1 Å². The average molecular weight is 290 g/mol. The van der Waals surface area contributed by atoms with Gasteiger partial charge in [-0.05, 0) is 12.1 Å². The molecule has 0 aliphatic rings. The molecule has 6 nitrogen and oxygen atoms in total. The summed E-state index contributed by atoms with van der Waals surface area (Å²) < 4.78 is 12.5. The summed E-state index contributed by atoms with van der Waals surface area (Å²) in [5.41, 5.74) is 0.358. The lowest BCUT2D eigenvalue weighted by atomic mass is 10.3. The highest BCUT2D eigenvalue weighted by Crippen LogP contribution is 2.32. The molecule has 0 spiro atoms. The highest BCUT2D eigenvalue weighted by atomic mass is 32.1. The summed E-state index contributed by atoms with van der Waals surface area (Å²) in [7, 11) is 2.82. The molecule has 1 aromatic carbocycles. The van der Waals surface area contributed by atoms with Gasteiger partial charge in [0.2, 0.25) is 0 Å². The van der Waals surface area contributed by atoms with E-state index in [9.17, 15) is 9.59 Å². The summed E-state index contributed by atoms with van der Waals surface area (Å²) in [5, 5.41) is 0. The standard InChI is InChI=1S/C13H10N2O4S/c1-18-8-4-3-5-9-11(8)15-7(12(17)19-2)6-10(16)14-13(15)20-9/h3-6H,1-2H3. The first kappa shape index (κ1) is 12.6. The van der Waals surface area contributed by atoms with Crippen molar-refractivity contribution >= 4 is 32.5 Å². The van der Waals surface area contributed by atoms with E-state index < -0.39 is 11.5 Å². The van der Waals surface area contributed by atoms with Gasteiger partial charge in [0.1, 0.15) is 17.0 Å². The van der Waals surface area contributed by atoms with Crippen molar-refractivity contribution < 1.29 is 14.3 Å². The number of carbonyl (C=O) groups excluding carboxylic acids is 1. The predicted molar refractivity (Wildman–Crippen MR) is 74.7 cm³/mol. The smallest absolute Gasteiger partial charge is 0.355 e.